The van der Waals surface area contributed by atoms with Crippen LogP contribution in [0.1, 0.15) is 57.0 Å². The van der Waals surface area contributed by atoms with E-state index < -0.39 is 10.0 Å². The van der Waals surface area contributed by atoms with Crippen molar-refractivity contribution in [3.05, 3.63) is 53.9 Å². The molecule has 1 saturated heterocycles. The van der Waals surface area contributed by atoms with Crippen molar-refractivity contribution < 1.29 is 17.9 Å². The zero-order chi connectivity index (χ0) is 25.0. The maximum absolute atomic E-state index is 13.0. The molecular formula is C26H34N4O4S. The number of hydrogen-bond donors (Lipinski definition) is 1. The molecule has 3 aromatic rings. The Hall–Kier alpha value is -2.91. The summed E-state index contributed by atoms with van der Waals surface area (Å²) in [4.78, 5) is 17.5. The van der Waals surface area contributed by atoms with Gasteiger partial charge < -0.3 is 14.6 Å². The fourth-order valence-corrected chi connectivity index (χ4v) is 6.05. The van der Waals surface area contributed by atoms with E-state index in [2.05, 4.69) is 10.3 Å². The molecule has 188 valence electrons. The molecule has 0 aliphatic carbocycles. The van der Waals surface area contributed by atoms with Crippen molar-refractivity contribution in [2.24, 2.45) is 7.05 Å². The van der Waals surface area contributed by atoms with E-state index in [0.717, 1.165) is 41.9 Å². The minimum Gasteiger partial charge on any atom is -0.494 e. The van der Waals surface area contributed by atoms with E-state index in [1.54, 1.807) is 22.5 Å². The van der Waals surface area contributed by atoms with Crippen LogP contribution in [0.5, 0.6) is 5.75 Å². The SMILES string of the molecule is CCOc1ccc(C(C)NC(=O)CCc2nc3cc(S(=O)(=O)N4CCCCC4)ccc3n2C)cc1. The van der Waals surface area contributed by atoms with E-state index >= 15 is 0 Å². The van der Waals surface area contributed by atoms with Crippen LogP contribution >= 0.6 is 0 Å². The van der Waals surface area contributed by atoms with Crippen LogP contribution in [-0.2, 0) is 28.3 Å². The molecule has 0 spiro atoms. The predicted molar refractivity (Wildman–Crippen MR) is 136 cm³/mol. The molecule has 1 amide bonds. The Balaban J connectivity index is 1.40. The first-order valence-corrected chi connectivity index (χ1v) is 13.7. The van der Waals surface area contributed by atoms with Crippen LogP contribution < -0.4 is 10.1 Å². The summed E-state index contributed by atoms with van der Waals surface area (Å²) in [6.07, 6.45) is 3.61. The van der Waals surface area contributed by atoms with Crippen molar-refractivity contribution in [3.8, 4) is 5.75 Å². The van der Waals surface area contributed by atoms with Gasteiger partial charge in [0.25, 0.3) is 0 Å². The molecule has 0 saturated carbocycles. The number of nitrogens with zero attached hydrogens (tertiary/aromatic N) is 3. The fourth-order valence-electron chi connectivity index (χ4n) is 4.51. The van der Waals surface area contributed by atoms with Crippen molar-refractivity contribution in [1.82, 2.24) is 19.2 Å². The summed E-state index contributed by atoms with van der Waals surface area (Å²) in [5.41, 5.74) is 2.48. The van der Waals surface area contributed by atoms with E-state index in [0.29, 0.717) is 31.6 Å². The molecule has 1 N–H and O–H groups in total. The summed E-state index contributed by atoms with van der Waals surface area (Å²) >= 11 is 0. The molecule has 0 radical (unpaired) electrons. The first-order valence-electron chi connectivity index (χ1n) is 12.3. The zero-order valence-electron chi connectivity index (χ0n) is 20.7. The lowest BCUT2D eigenvalue weighted by atomic mass is 10.1. The van der Waals surface area contributed by atoms with Gasteiger partial charge in [0, 0.05) is 33.0 Å². The summed E-state index contributed by atoms with van der Waals surface area (Å²) in [5, 5.41) is 3.03. The van der Waals surface area contributed by atoms with Crippen LogP contribution in [0, 0.1) is 0 Å². The molecule has 2 heterocycles. The first-order chi connectivity index (χ1) is 16.8. The number of hydrogen-bond acceptors (Lipinski definition) is 5. The van der Waals surface area contributed by atoms with Crippen LogP contribution in [0.4, 0.5) is 0 Å². The molecule has 1 aliphatic heterocycles. The number of nitrogens with one attached hydrogen (secondary N) is 1. The van der Waals surface area contributed by atoms with Crippen LogP contribution in [0.15, 0.2) is 47.4 Å². The predicted octanol–water partition coefficient (Wildman–Crippen LogP) is 3.96. The second kappa shape index (κ2) is 10.8. The largest absolute Gasteiger partial charge is 0.494 e. The van der Waals surface area contributed by atoms with Gasteiger partial charge in [0.2, 0.25) is 15.9 Å². The van der Waals surface area contributed by atoms with Crippen LogP contribution in [0.2, 0.25) is 0 Å². The van der Waals surface area contributed by atoms with Crippen molar-refractivity contribution in [1.29, 1.82) is 0 Å². The summed E-state index contributed by atoms with van der Waals surface area (Å²) in [6.45, 7) is 5.64. The Labute approximate surface area is 207 Å². The fraction of sp³-hybridized carbons (Fsp3) is 0.462. The topological polar surface area (TPSA) is 93.5 Å². The number of carbonyl (C=O) groups is 1. The number of sulfonamides is 1. The Morgan fingerprint density at radius 1 is 1.11 bits per heavy atom. The molecule has 35 heavy (non-hydrogen) atoms. The van der Waals surface area contributed by atoms with Gasteiger partial charge in [-0.05, 0) is 62.6 Å². The van der Waals surface area contributed by atoms with Crippen molar-refractivity contribution in [2.75, 3.05) is 19.7 Å². The van der Waals surface area contributed by atoms with Gasteiger partial charge in [0.15, 0.2) is 0 Å². The van der Waals surface area contributed by atoms with E-state index in [9.17, 15) is 13.2 Å². The average Bonchev–Trinajstić information content (AvgIpc) is 3.18. The highest BCUT2D eigenvalue weighted by Gasteiger charge is 2.26. The lowest BCUT2D eigenvalue weighted by molar-refractivity contribution is -0.121. The summed E-state index contributed by atoms with van der Waals surface area (Å²) in [6, 6.07) is 12.7. The van der Waals surface area contributed by atoms with Gasteiger partial charge in [0.05, 0.1) is 28.6 Å². The summed E-state index contributed by atoms with van der Waals surface area (Å²) in [7, 11) is -1.62. The molecule has 1 fully saturated rings. The maximum Gasteiger partial charge on any atom is 0.243 e. The Bertz CT molecular complexity index is 1280. The monoisotopic (exact) mass is 498 g/mol. The van der Waals surface area contributed by atoms with Gasteiger partial charge in [-0.3, -0.25) is 4.79 Å². The minimum absolute atomic E-state index is 0.0631. The average molecular weight is 499 g/mol. The lowest BCUT2D eigenvalue weighted by Crippen LogP contribution is -2.35. The Kier molecular flexibility index (Phi) is 7.76. The third kappa shape index (κ3) is 5.67. The molecule has 0 bridgehead atoms. The number of rotatable bonds is 9. The molecule has 1 atom stereocenters. The molecule has 8 nitrogen and oxygen atoms in total. The number of amides is 1. The number of benzene rings is 2. The van der Waals surface area contributed by atoms with E-state index in [-0.39, 0.29) is 23.3 Å². The Morgan fingerprint density at radius 2 is 1.83 bits per heavy atom. The van der Waals surface area contributed by atoms with Gasteiger partial charge in [0.1, 0.15) is 11.6 Å². The van der Waals surface area contributed by atoms with E-state index in [1.807, 2.05) is 49.7 Å². The second-order valence-corrected chi connectivity index (χ2v) is 10.9. The zero-order valence-corrected chi connectivity index (χ0v) is 21.5. The van der Waals surface area contributed by atoms with Gasteiger partial charge in [-0.1, -0.05) is 18.6 Å². The maximum atomic E-state index is 13.0. The summed E-state index contributed by atoms with van der Waals surface area (Å²) in [5.74, 6) is 1.49. The van der Waals surface area contributed by atoms with E-state index in [1.165, 1.54) is 0 Å². The number of aromatic nitrogens is 2. The normalized spacial score (nSPS) is 15.7. The van der Waals surface area contributed by atoms with Crippen LogP contribution in [0.25, 0.3) is 11.0 Å². The standard InChI is InChI=1S/C26H34N4O4S/c1-4-34-21-10-8-20(9-11-21)19(2)27-26(31)15-14-25-28-23-18-22(12-13-24(23)29(25)3)35(32,33)30-16-6-5-7-17-30/h8-13,18-19H,4-7,14-17H2,1-3H3,(H,27,31). The number of imidazole rings is 1. The number of ether oxygens (including phenoxy) is 1. The highest BCUT2D eigenvalue weighted by Crippen LogP contribution is 2.25. The van der Waals surface area contributed by atoms with Crippen molar-refractivity contribution >= 4 is 27.0 Å². The molecular weight excluding hydrogens is 464 g/mol. The van der Waals surface area contributed by atoms with Gasteiger partial charge in [-0.25, -0.2) is 13.4 Å². The third-order valence-electron chi connectivity index (χ3n) is 6.54. The molecule has 1 aliphatic rings. The highest BCUT2D eigenvalue weighted by molar-refractivity contribution is 7.89. The Morgan fingerprint density at radius 3 is 2.51 bits per heavy atom. The number of carbonyl (C=O) groups excluding carboxylic acids is 1. The second-order valence-electron chi connectivity index (χ2n) is 8.99. The van der Waals surface area contributed by atoms with Gasteiger partial charge in [-0.15, -0.1) is 0 Å². The first kappa shape index (κ1) is 25.2. The third-order valence-corrected chi connectivity index (χ3v) is 8.44. The summed E-state index contributed by atoms with van der Waals surface area (Å²) < 4.78 is 35.0. The lowest BCUT2D eigenvalue weighted by Gasteiger charge is -2.25. The molecule has 1 aromatic heterocycles. The molecule has 4 rings (SSSR count). The van der Waals surface area contributed by atoms with Crippen LogP contribution in [0.3, 0.4) is 0 Å². The van der Waals surface area contributed by atoms with Gasteiger partial charge in [-0.2, -0.15) is 4.31 Å². The highest BCUT2D eigenvalue weighted by atomic mass is 32.2. The smallest absolute Gasteiger partial charge is 0.243 e. The molecule has 2 aromatic carbocycles. The van der Waals surface area contributed by atoms with Crippen LogP contribution in [-0.4, -0.2) is 47.9 Å². The van der Waals surface area contributed by atoms with E-state index in [4.69, 9.17) is 4.74 Å². The van der Waals surface area contributed by atoms with Crippen molar-refractivity contribution in [3.63, 3.8) is 0 Å². The quantitative estimate of drug-likeness (QED) is 0.482. The minimum atomic E-state index is -3.52. The van der Waals surface area contributed by atoms with Gasteiger partial charge >= 0.3 is 0 Å². The number of aryl methyl sites for hydroxylation is 2. The molecule has 9 heteroatoms. The molecule has 1 unspecified atom stereocenters. The number of fused-ring (bicyclic) bond motifs is 1. The number of piperidine rings is 1. The van der Waals surface area contributed by atoms with Crippen molar-refractivity contribution in [2.45, 2.75) is 56.9 Å².